The van der Waals surface area contributed by atoms with Crippen LogP contribution in [0.5, 0.6) is 11.5 Å². The number of aliphatic hydroxyl groups is 1. The molecule has 1 aromatic rings. The first-order chi connectivity index (χ1) is 8.49. The van der Waals surface area contributed by atoms with Crippen molar-refractivity contribution in [3.05, 3.63) is 29.8 Å². The van der Waals surface area contributed by atoms with Crippen molar-refractivity contribution in [1.82, 2.24) is 0 Å². The highest BCUT2D eigenvalue weighted by atomic mass is 16.5. The number of benzene rings is 1. The number of carbonyl (C=O) groups is 2. The van der Waals surface area contributed by atoms with Crippen LogP contribution in [0, 0.1) is 0 Å². The summed E-state index contributed by atoms with van der Waals surface area (Å²) in [6.45, 7) is 0. The molecule has 0 unspecified atom stereocenters. The average Bonchev–Trinajstić information content (AvgIpc) is 2.37. The zero-order valence-electron chi connectivity index (χ0n) is 9.84. The van der Waals surface area contributed by atoms with E-state index in [2.05, 4.69) is 4.74 Å². The molecule has 0 aliphatic heterocycles. The van der Waals surface area contributed by atoms with Crippen LogP contribution in [-0.2, 0) is 14.3 Å². The van der Waals surface area contributed by atoms with Crippen molar-refractivity contribution in [3.8, 4) is 11.5 Å². The highest BCUT2D eigenvalue weighted by Gasteiger charge is 2.14. The van der Waals surface area contributed by atoms with E-state index in [0.717, 1.165) is 7.11 Å². The summed E-state index contributed by atoms with van der Waals surface area (Å²) in [5.41, 5.74) is 0.00746. The lowest BCUT2D eigenvalue weighted by atomic mass is 10.1. The van der Waals surface area contributed by atoms with E-state index in [1.54, 1.807) is 0 Å². The van der Waals surface area contributed by atoms with Crippen molar-refractivity contribution in [2.75, 3.05) is 14.2 Å². The first-order valence-electron chi connectivity index (χ1n) is 4.90. The second-order valence-corrected chi connectivity index (χ2v) is 3.27. The van der Waals surface area contributed by atoms with Crippen LogP contribution < -0.4 is 4.74 Å². The van der Waals surface area contributed by atoms with Gasteiger partial charge in [-0.05, 0) is 12.1 Å². The third-order valence-corrected chi connectivity index (χ3v) is 2.14. The van der Waals surface area contributed by atoms with Crippen LogP contribution in [0.3, 0.4) is 0 Å². The Labute approximate surface area is 103 Å². The Morgan fingerprint density at radius 1 is 1.28 bits per heavy atom. The van der Waals surface area contributed by atoms with E-state index < -0.39 is 17.5 Å². The molecule has 0 saturated heterocycles. The number of methoxy groups -OCH3 is 2. The summed E-state index contributed by atoms with van der Waals surface area (Å²) in [4.78, 5) is 22.0. The maximum absolute atomic E-state index is 11.2. The molecule has 1 rings (SSSR count). The molecule has 6 nitrogen and oxygen atoms in total. The number of hydrogen-bond donors (Lipinski definition) is 2. The van der Waals surface area contributed by atoms with E-state index in [1.165, 1.54) is 25.3 Å². The number of aliphatic hydroxyl groups excluding tert-OH is 1. The topological polar surface area (TPSA) is 93.1 Å². The molecule has 0 heterocycles. The van der Waals surface area contributed by atoms with E-state index in [-0.39, 0.29) is 11.3 Å². The SMILES string of the molecule is COC(=O)C(=O)C=C(O)c1ccc(OC)cc1O. The average molecular weight is 252 g/mol. The Kier molecular flexibility index (Phi) is 4.31. The molecule has 0 aliphatic carbocycles. The van der Waals surface area contributed by atoms with E-state index in [9.17, 15) is 19.8 Å². The number of aromatic hydroxyl groups is 1. The number of phenols is 1. The van der Waals surface area contributed by atoms with Gasteiger partial charge in [0.05, 0.1) is 19.8 Å². The van der Waals surface area contributed by atoms with Crippen LogP contribution in [-0.4, -0.2) is 36.2 Å². The van der Waals surface area contributed by atoms with Gasteiger partial charge in [-0.25, -0.2) is 4.79 Å². The van der Waals surface area contributed by atoms with Crippen molar-refractivity contribution in [2.45, 2.75) is 0 Å². The molecule has 1 aromatic carbocycles. The largest absolute Gasteiger partial charge is 0.507 e. The first-order valence-corrected chi connectivity index (χ1v) is 4.90. The molecular formula is C12H12O6. The predicted octanol–water partition coefficient (Wildman–Crippen LogP) is 1.04. The number of ketones is 1. The van der Waals surface area contributed by atoms with Crippen LogP contribution in [0.4, 0.5) is 0 Å². The van der Waals surface area contributed by atoms with Crippen molar-refractivity contribution in [1.29, 1.82) is 0 Å². The zero-order valence-corrected chi connectivity index (χ0v) is 9.84. The van der Waals surface area contributed by atoms with Crippen LogP contribution in [0.25, 0.3) is 5.76 Å². The van der Waals surface area contributed by atoms with E-state index in [4.69, 9.17) is 4.74 Å². The summed E-state index contributed by atoms with van der Waals surface area (Å²) in [7, 11) is 2.47. The molecule has 0 fully saturated rings. The number of ether oxygens (including phenoxy) is 2. The minimum absolute atomic E-state index is 0.00746. The molecule has 0 bridgehead atoms. The van der Waals surface area contributed by atoms with E-state index in [0.29, 0.717) is 11.8 Å². The summed E-state index contributed by atoms with van der Waals surface area (Å²) in [6, 6.07) is 4.11. The molecule has 6 heteroatoms. The van der Waals surface area contributed by atoms with Gasteiger partial charge in [0.1, 0.15) is 17.3 Å². The van der Waals surface area contributed by atoms with Gasteiger partial charge >= 0.3 is 5.97 Å². The van der Waals surface area contributed by atoms with Gasteiger partial charge in [-0.3, -0.25) is 4.79 Å². The maximum Gasteiger partial charge on any atom is 0.378 e. The van der Waals surface area contributed by atoms with Crippen LogP contribution in [0.1, 0.15) is 5.56 Å². The standard InChI is InChI=1S/C12H12O6/c1-17-7-3-4-8(9(13)5-7)10(14)6-11(15)12(16)18-2/h3-6,13-14H,1-2H3. The normalized spacial score (nSPS) is 10.9. The molecule has 0 aliphatic rings. The summed E-state index contributed by atoms with van der Waals surface area (Å²) in [5.74, 6) is -2.55. The Balaban J connectivity index is 3.04. The fourth-order valence-electron chi connectivity index (χ4n) is 1.22. The molecule has 0 radical (unpaired) electrons. The molecule has 0 spiro atoms. The number of hydrogen-bond acceptors (Lipinski definition) is 6. The molecule has 0 saturated carbocycles. The van der Waals surface area contributed by atoms with Gasteiger partial charge in [-0.2, -0.15) is 0 Å². The fourth-order valence-corrected chi connectivity index (χ4v) is 1.22. The lowest BCUT2D eigenvalue weighted by molar-refractivity contribution is -0.149. The lowest BCUT2D eigenvalue weighted by Crippen LogP contribution is -2.13. The lowest BCUT2D eigenvalue weighted by Gasteiger charge is -2.05. The number of phenolic OH excluding ortho intramolecular Hbond substituents is 1. The Morgan fingerprint density at radius 2 is 1.94 bits per heavy atom. The molecule has 18 heavy (non-hydrogen) atoms. The van der Waals surface area contributed by atoms with Gasteiger partial charge in [0.15, 0.2) is 0 Å². The minimum Gasteiger partial charge on any atom is -0.507 e. The number of carbonyl (C=O) groups excluding carboxylic acids is 2. The number of rotatable bonds is 4. The molecular weight excluding hydrogens is 240 g/mol. The second-order valence-electron chi connectivity index (χ2n) is 3.27. The van der Waals surface area contributed by atoms with Gasteiger partial charge < -0.3 is 19.7 Å². The van der Waals surface area contributed by atoms with Crippen molar-refractivity contribution < 1.29 is 29.3 Å². The predicted molar refractivity (Wildman–Crippen MR) is 62.3 cm³/mol. The van der Waals surface area contributed by atoms with Crippen molar-refractivity contribution in [3.63, 3.8) is 0 Å². The van der Waals surface area contributed by atoms with Gasteiger partial charge in [-0.15, -0.1) is 0 Å². The van der Waals surface area contributed by atoms with Crippen LogP contribution >= 0.6 is 0 Å². The summed E-state index contributed by atoms with van der Waals surface area (Å²) in [5, 5.41) is 19.2. The summed E-state index contributed by atoms with van der Waals surface area (Å²) < 4.78 is 9.05. The molecule has 0 amide bonds. The Bertz CT molecular complexity index is 503. The van der Waals surface area contributed by atoms with E-state index in [1.807, 2.05) is 0 Å². The smallest absolute Gasteiger partial charge is 0.378 e. The van der Waals surface area contributed by atoms with Gasteiger partial charge in [0.2, 0.25) is 0 Å². The van der Waals surface area contributed by atoms with Crippen molar-refractivity contribution >= 4 is 17.5 Å². The first kappa shape index (κ1) is 13.6. The molecule has 96 valence electrons. The van der Waals surface area contributed by atoms with E-state index >= 15 is 0 Å². The third-order valence-electron chi connectivity index (χ3n) is 2.14. The molecule has 0 atom stereocenters. The quantitative estimate of drug-likeness (QED) is 0.360. The highest BCUT2D eigenvalue weighted by Crippen LogP contribution is 2.27. The van der Waals surface area contributed by atoms with Crippen LogP contribution in [0.2, 0.25) is 0 Å². The van der Waals surface area contributed by atoms with Gasteiger partial charge in [0.25, 0.3) is 5.78 Å². The Morgan fingerprint density at radius 3 is 2.44 bits per heavy atom. The second kappa shape index (κ2) is 5.72. The monoisotopic (exact) mass is 252 g/mol. The zero-order chi connectivity index (χ0) is 13.7. The van der Waals surface area contributed by atoms with Crippen LogP contribution in [0.15, 0.2) is 24.3 Å². The maximum atomic E-state index is 11.2. The molecule has 2 N–H and O–H groups in total. The van der Waals surface area contributed by atoms with Gasteiger partial charge in [0, 0.05) is 12.1 Å². The minimum atomic E-state index is -1.10. The molecule has 0 aromatic heterocycles. The summed E-state index contributed by atoms with van der Waals surface area (Å²) >= 11 is 0. The Hall–Kier alpha value is -2.50. The summed E-state index contributed by atoms with van der Waals surface area (Å²) in [6.07, 6.45) is 0.674. The van der Waals surface area contributed by atoms with Gasteiger partial charge in [-0.1, -0.05) is 0 Å². The highest BCUT2D eigenvalue weighted by molar-refractivity contribution is 6.39. The fraction of sp³-hybridized carbons (Fsp3) is 0.167. The third kappa shape index (κ3) is 3.00. The number of esters is 1. The van der Waals surface area contributed by atoms with Crippen molar-refractivity contribution in [2.24, 2.45) is 0 Å².